The van der Waals surface area contributed by atoms with Gasteiger partial charge >= 0.3 is 0 Å². The Morgan fingerprint density at radius 2 is 2.08 bits per heavy atom. The van der Waals surface area contributed by atoms with Crippen molar-refractivity contribution in [2.75, 3.05) is 7.11 Å². The predicted molar refractivity (Wildman–Crippen MR) is 96.8 cm³/mol. The van der Waals surface area contributed by atoms with Gasteiger partial charge in [-0.2, -0.15) is 5.26 Å². The number of nitrogens with one attached hydrogen (secondary N) is 1. The van der Waals surface area contributed by atoms with E-state index in [-0.39, 0.29) is 21.9 Å². The number of hydrogen-bond donors (Lipinski definition) is 2. The molecular weight excluding hydrogens is 380 g/mol. The fraction of sp³-hybridized carbons (Fsp3) is 0.0588. The Morgan fingerprint density at radius 1 is 1.35 bits per heavy atom. The number of nitrogens with two attached hydrogens (primary N) is 1. The molecule has 1 unspecified atom stereocenters. The fourth-order valence-electron chi connectivity index (χ4n) is 2.77. The van der Waals surface area contributed by atoms with Crippen LogP contribution in [-0.2, 0) is 9.09 Å². The lowest BCUT2D eigenvalue weighted by molar-refractivity contribution is 0.0997. The van der Waals surface area contributed by atoms with E-state index in [0.717, 1.165) is 12.1 Å². The number of halogens is 2. The summed E-state index contributed by atoms with van der Waals surface area (Å²) in [6.07, 6.45) is 0. The van der Waals surface area contributed by atoms with E-state index in [0.29, 0.717) is 15.9 Å². The average Bonchev–Trinajstić information content (AvgIpc) is 2.99. The number of carbonyl (C=O) groups is 1. The van der Waals surface area contributed by atoms with Crippen molar-refractivity contribution in [3.63, 3.8) is 0 Å². The quantitative estimate of drug-likeness (QED) is 0.666. The van der Waals surface area contributed by atoms with Crippen molar-refractivity contribution in [3.8, 4) is 6.07 Å². The third-order valence-corrected chi connectivity index (χ3v) is 6.62. The second-order valence-corrected chi connectivity index (χ2v) is 8.31. The number of nitriles is 1. The first-order valence-electron chi connectivity index (χ1n) is 7.29. The molecule has 3 N–H and O–H groups in total. The first-order chi connectivity index (χ1) is 12.3. The molecule has 9 heteroatoms. The molecule has 6 nitrogen and oxygen atoms in total. The van der Waals surface area contributed by atoms with Crippen LogP contribution < -0.4 is 16.3 Å². The van der Waals surface area contributed by atoms with Crippen molar-refractivity contribution in [1.29, 1.82) is 5.26 Å². The molecule has 2 aromatic carbocycles. The number of carbonyl (C=O) groups excluding carboxylic acids is 1. The molecule has 0 saturated heterocycles. The van der Waals surface area contributed by atoms with Gasteiger partial charge in [-0.25, -0.2) is 4.39 Å². The summed E-state index contributed by atoms with van der Waals surface area (Å²) < 4.78 is 32.9. The van der Waals surface area contributed by atoms with E-state index in [4.69, 9.17) is 27.1 Å². The first kappa shape index (κ1) is 18.2. The molecule has 0 aliphatic carbocycles. The molecule has 1 amide bonds. The lowest BCUT2D eigenvalue weighted by Gasteiger charge is -2.18. The van der Waals surface area contributed by atoms with Gasteiger partial charge < -0.3 is 15.2 Å². The Morgan fingerprint density at radius 3 is 2.69 bits per heavy atom. The third-order valence-electron chi connectivity index (χ3n) is 3.88. The van der Waals surface area contributed by atoms with Gasteiger partial charge in [-0.1, -0.05) is 11.6 Å². The maximum Gasteiger partial charge on any atom is 0.266 e. The van der Waals surface area contributed by atoms with Gasteiger partial charge in [0.2, 0.25) is 0 Å². The highest BCUT2D eigenvalue weighted by Gasteiger charge is 2.36. The highest BCUT2D eigenvalue weighted by molar-refractivity contribution is 7.75. The zero-order valence-corrected chi connectivity index (χ0v) is 15.1. The maximum absolute atomic E-state index is 13.9. The summed E-state index contributed by atoms with van der Waals surface area (Å²) in [5.74, 6) is -1.61. The van der Waals surface area contributed by atoms with Gasteiger partial charge in [0.15, 0.2) is 0 Å². The van der Waals surface area contributed by atoms with Crippen LogP contribution in [0.3, 0.4) is 0 Å². The molecule has 26 heavy (non-hydrogen) atoms. The minimum absolute atomic E-state index is 0.0144. The molecule has 0 aliphatic heterocycles. The molecule has 0 saturated carbocycles. The topological polar surface area (TPSA) is 109 Å². The van der Waals surface area contributed by atoms with Crippen LogP contribution >= 0.6 is 19.0 Å². The van der Waals surface area contributed by atoms with Crippen LogP contribution in [0.1, 0.15) is 16.1 Å². The zero-order valence-electron chi connectivity index (χ0n) is 13.4. The van der Waals surface area contributed by atoms with Gasteiger partial charge in [-0.05, 0) is 36.4 Å². The summed E-state index contributed by atoms with van der Waals surface area (Å²) in [4.78, 5) is 14.7. The van der Waals surface area contributed by atoms with E-state index in [1.807, 2.05) is 0 Å². The number of aromatic nitrogens is 1. The van der Waals surface area contributed by atoms with Gasteiger partial charge in [0.1, 0.15) is 11.5 Å². The van der Waals surface area contributed by atoms with Crippen molar-refractivity contribution in [3.05, 3.63) is 58.5 Å². The van der Waals surface area contributed by atoms with E-state index in [1.54, 1.807) is 18.2 Å². The molecule has 0 aliphatic rings. The van der Waals surface area contributed by atoms with Crippen LogP contribution in [0, 0.1) is 17.1 Å². The van der Waals surface area contributed by atoms with Crippen LogP contribution in [0.25, 0.3) is 10.9 Å². The Balaban J connectivity index is 2.42. The number of amides is 1. The molecule has 132 valence electrons. The Hall–Kier alpha value is -2.65. The average molecular weight is 392 g/mol. The molecule has 1 heterocycles. The van der Waals surface area contributed by atoms with Crippen LogP contribution in [0.5, 0.6) is 0 Å². The normalized spacial score (nSPS) is 13.3. The first-order valence-corrected chi connectivity index (χ1v) is 9.29. The summed E-state index contributed by atoms with van der Waals surface area (Å²) in [5.41, 5.74) is 5.73. The number of H-pyrrole nitrogens is 1. The number of primary amides is 1. The molecule has 3 rings (SSSR count). The van der Waals surface area contributed by atoms with Crippen molar-refractivity contribution in [2.45, 2.75) is 0 Å². The van der Waals surface area contributed by atoms with Crippen LogP contribution in [0.2, 0.25) is 5.02 Å². The van der Waals surface area contributed by atoms with E-state index >= 15 is 0 Å². The van der Waals surface area contributed by atoms with Crippen molar-refractivity contribution < 1.29 is 18.3 Å². The number of hydrogen-bond acceptors (Lipinski definition) is 4. The minimum Gasteiger partial charge on any atom is -0.364 e. The smallest absolute Gasteiger partial charge is 0.266 e. The summed E-state index contributed by atoms with van der Waals surface area (Å²) in [6.45, 7) is 0. The lowest BCUT2D eigenvalue weighted by Crippen LogP contribution is -2.26. The van der Waals surface area contributed by atoms with E-state index in [1.165, 1.54) is 19.2 Å². The second kappa shape index (κ2) is 6.58. The van der Waals surface area contributed by atoms with Crippen LogP contribution in [0.15, 0.2) is 36.4 Å². The van der Waals surface area contributed by atoms with Gasteiger partial charge in [-0.15, -0.1) is 0 Å². The molecule has 0 radical (unpaired) electrons. The summed E-state index contributed by atoms with van der Waals surface area (Å²) in [5, 5.41) is 9.68. The Kier molecular flexibility index (Phi) is 4.59. The van der Waals surface area contributed by atoms with E-state index in [2.05, 4.69) is 4.98 Å². The molecule has 1 aromatic heterocycles. The lowest BCUT2D eigenvalue weighted by atomic mass is 10.2. The van der Waals surface area contributed by atoms with Crippen molar-refractivity contribution >= 4 is 46.4 Å². The molecular formula is C17H12ClFN3O3P. The highest BCUT2D eigenvalue weighted by atomic mass is 35.5. The second-order valence-electron chi connectivity index (χ2n) is 5.45. The van der Waals surface area contributed by atoms with Gasteiger partial charge in [0, 0.05) is 28.3 Å². The standard InChI is InChI=1S/C17H12ClFN3O3P/c1-25-26(24,12-5-9(8-20)4-11(19)7-12)16-13-6-10(18)2-3-14(13)22-15(16)17(21)23/h2-7,22H,1H3,(H2,21,23). The molecule has 0 spiro atoms. The maximum atomic E-state index is 13.9. The minimum atomic E-state index is -3.96. The Bertz CT molecular complexity index is 1140. The molecule has 0 fully saturated rings. The largest absolute Gasteiger partial charge is 0.364 e. The third kappa shape index (κ3) is 2.89. The van der Waals surface area contributed by atoms with Crippen molar-refractivity contribution in [1.82, 2.24) is 4.98 Å². The van der Waals surface area contributed by atoms with E-state index < -0.39 is 19.1 Å². The number of rotatable bonds is 4. The predicted octanol–water partition coefficient (Wildman–Crippen LogP) is 2.81. The number of aromatic amines is 1. The zero-order chi connectivity index (χ0) is 19.1. The fourth-order valence-corrected chi connectivity index (χ4v) is 5.16. The molecule has 0 bridgehead atoms. The Labute approximate surface area is 152 Å². The summed E-state index contributed by atoms with van der Waals surface area (Å²) in [6, 6.07) is 9.74. The van der Waals surface area contributed by atoms with Gasteiger partial charge in [0.05, 0.1) is 16.9 Å². The highest BCUT2D eigenvalue weighted by Crippen LogP contribution is 2.47. The number of nitrogens with zero attached hydrogens (tertiary/aromatic N) is 1. The van der Waals surface area contributed by atoms with Gasteiger partial charge in [0.25, 0.3) is 13.3 Å². The SMILES string of the molecule is COP(=O)(c1cc(F)cc(C#N)c1)c1c(C(N)=O)[nH]c2ccc(Cl)cc12. The number of benzene rings is 2. The molecule has 1 atom stereocenters. The van der Waals surface area contributed by atoms with Gasteiger partial charge in [-0.3, -0.25) is 9.36 Å². The van der Waals surface area contributed by atoms with Crippen LogP contribution in [0.4, 0.5) is 4.39 Å². The van der Waals surface area contributed by atoms with E-state index in [9.17, 15) is 13.8 Å². The summed E-state index contributed by atoms with van der Waals surface area (Å²) >= 11 is 6.03. The van der Waals surface area contributed by atoms with Crippen LogP contribution in [-0.4, -0.2) is 18.0 Å². The molecule has 3 aromatic rings. The monoisotopic (exact) mass is 391 g/mol. The van der Waals surface area contributed by atoms with Crippen molar-refractivity contribution in [2.24, 2.45) is 5.73 Å². The summed E-state index contributed by atoms with van der Waals surface area (Å²) in [7, 11) is -2.79. The number of fused-ring (bicyclic) bond motifs is 1.